The Morgan fingerprint density at radius 2 is 1.95 bits per heavy atom. The van der Waals surface area contributed by atoms with E-state index in [-0.39, 0.29) is 0 Å². The average molecular weight is 286 g/mol. The topological polar surface area (TPSA) is 66.8 Å². The standard InChI is InChI=1S/C15H22N6/c1-3-9-21(10-4-2)14-12-18-20-15(19-14)17-11-13-7-5-6-8-16-13/h5-8,12H,3-4,9-11H2,1-2H3,(H,17,19,20). The van der Waals surface area contributed by atoms with Gasteiger partial charge in [-0.3, -0.25) is 4.98 Å². The molecule has 2 aromatic heterocycles. The average Bonchev–Trinajstić information content (AvgIpc) is 2.54. The highest BCUT2D eigenvalue weighted by molar-refractivity contribution is 5.40. The van der Waals surface area contributed by atoms with Crippen LogP contribution in [-0.4, -0.2) is 33.3 Å². The predicted molar refractivity (Wildman–Crippen MR) is 84.2 cm³/mol. The summed E-state index contributed by atoms with van der Waals surface area (Å²) >= 11 is 0. The fourth-order valence-corrected chi connectivity index (χ4v) is 2.08. The highest BCUT2D eigenvalue weighted by Crippen LogP contribution is 2.12. The Morgan fingerprint density at radius 3 is 2.62 bits per heavy atom. The number of hydrogen-bond acceptors (Lipinski definition) is 6. The van der Waals surface area contributed by atoms with Crippen LogP contribution in [0.4, 0.5) is 11.8 Å². The van der Waals surface area contributed by atoms with Crippen molar-refractivity contribution in [3.8, 4) is 0 Å². The van der Waals surface area contributed by atoms with Gasteiger partial charge in [-0.1, -0.05) is 19.9 Å². The Kier molecular flexibility index (Phi) is 5.87. The van der Waals surface area contributed by atoms with Crippen molar-refractivity contribution in [1.82, 2.24) is 20.2 Å². The van der Waals surface area contributed by atoms with E-state index in [1.165, 1.54) is 0 Å². The second-order valence-corrected chi connectivity index (χ2v) is 4.80. The van der Waals surface area contributed by atoms with Crippen LogP contribution in [0.5, 0.6) is 0 Å². The highest BCUT2D eigenvalue weighted by Gasteiger charge is 2.08. The first-order chi connectivity index (χ1) is 10.3. The number of hydrogen-bond donors (Lipinski definition) is 1. The van der Waals surface area contributed by atoms with Gasteiger partial charge in [-0.25, -0.2) is 0 Å². The summed E-state index contributed by atoms with van der Waals surface area (Å²) < 4.78 is 0. The van der Waals surface area contributed by atoms with Gasteiger partial charge in [0.1, 0.15) is 0 Å². The van der Waals surface area contributed by atoms with Crippen LogP contribution in [0, 0.1) is 0 Å². The van der Waals surface area contributed by atoms with Crippen molar-refractivity contribution in [2.75, 3.05) is 23.3 Å². The van der Waals surface area contributed by atoms with Crippen LogP contribution in [0.3, 0.4) is 0 Å². The zero-order valence-corrected chi connectivity index (χ0v) is 12.7. The van der Waals surface area contributed by atoms with Gasteiger partial charge in [0.15, 0.2) is 5.82 Å². The molecule has 0 radical (unpaired) electrons. The molecule has 0 amide bonds. The van der Waals surface area contributed by atoms with Gasteiger partial charge in [0.25, 0.3) is 0 Å². The molecule has 0 aliphatic carbocycles. The number of pyridine rings is 1. The summed E-state index contributed by atoms with van der Waals surface area (Å²) in [6.07, 6.45) is 5.66. The quantitative estimate of drug-likeness (QED) is 0.804. The Hall–Kier alpha value is -2.24. The Balaban J connectivity index is 2.02. The van der Waals surface area contributed by atoms with Crippen LogP contribution in [0.1, 0.15) is 32.4 Å². The van der Waals surface area contributed by atoms with Crippen molar-refractivity contribution in [3.05, 3.63) is 36.3 Å². The molecule has 6 heteroatoms. The van der Waals surface area contributed by atoms with Crippen LogP contribution >= 0.6 is 0 Å². The summed E-state index contributed by atoms with van der Waals surface area (Å²) in [6.45, 7) is 6.88. The lowest BCUT2D eigenvalue weighted by Crippen LogP contribution is -2.26. The molecule has 0 saturated carbocycles. The minimum absolute atomic E-state index is 0.537. The largest absolute Gasteiger partial charge is 0.355 e. The molecular formula is C15H22N6. The van der Waals surface area contributed by atoms with Crippen LogP contribution in [0.2, 0.25) is 0 Å². The van der Waals surface area contributed by atoms with E-state index in [0.717, 1.165) is 37.4 Å². The lowest BCUT2D eigenvalue weighted by Gasteiger charge is -2.22. The number of nitrogens with one attached hydrogen (secondary N) is 1. The van der Waals surface area contributed by atoms with Crippen molar-refractivity contribution in [2.24, 2.45) is 0 Å². The third kappa shape index (κ3) is 4.66. The molecule has 112 valence electrons. The van der Waals surface area contributed by atoms with Crippen LogP contribution in [0.15, 0.2) is 30.6 Å². The first kappa shape index (κ1) is 15.2. The lowest BCUT2D eigenvalue weighted by atomic mass is 10.3. The molecule has 0 aromatic carbocycles. The summed E-state index contributed by atoms with van der Waals surface area (Å²) in [4.78, 5) is 11.0. The second kappa shape index (κ2) is 8.14. The van der Waals surface area contributed by atoms with Crippen LogP contribution in [0.25, 0.3) is 0 Å². The smallest absolute Gasteiger partial charge is 0.245 e. The lowest BCUT2D eigenvalue weighted by molar-refractivity contribution is 0.727. The van der Waals surface area contributed by atoms with Crippen molar-refractivity contribution >= 4 is 11.8 Å². The van der Waals surface area contributed by atoms with Gasteiger partial charge in [0.05, 0.1) is 18.4 Å². The molecule has 21 heavy (non-hydrogen) atoms. The molecule has 0 atom stereocenters. The van der Waals surface area contributed by atoms with Gasteiger partial charge in [0, 0.05) is 19.3 Å². The predicted octanol–water partition coefficient (Wildman–Crippen LogP) is 2.51. The van der Waals surface area contributed by atoms with Crippen LogP contribution in [-0.2, 0) is 6.54 Å². The molecule has 0 fully saturated rings. The molecular weight excluding hydrogens is 264 g/mol. The first-order valence-corrected chi connectivity index (χ1v) is 7.42. The Bertz CT molecular complexity index is 525. The summed E-state index contributed by atoms with van der Waals surface area (Å²) in [5, 5.41) is 11.2. The van der Waals surface area contributed by atoms with Gasteiger partial charge >= 0.3 is 0 Å². The summed E-state index contributed by atoms with van der Waals surface area (Å²) in [6, 6.07) is 5.82. The Labute approximate surface area is 125 Å². The summed E-state index contributed by atoms with van der Waals surface area (Å²) in [5.74, 6) is 1.41. The normalized spacial score (nSPS) is 10.4. The maximum atomic E-state index is 4.54. The fraction of sp³-hybridized carbons (Fsp3) is 0.467. The molecule has 0 spiro atoms. The van der Waals surface area contributed by atoms with Crippen molar-refractivity contribution in [3.63, 3.8) is 0 Å². The second-order valence-electron chi connectivity index (χ2n) is 4.80. The van der Waals surface area contributed by atoms with E-state index in [2.05, 4.69) is 44.2 Å². The molecule has 2 heterocycles. The molecule has 2 rings (SSSR count). The molecule has 0 aliphatic rings. The molecule has 0 saturated heterocycles. The van der Waals surface area contributed by atoms with Crippen LogP contribution < -0.4 is 10.2 Å². The molecule has 1 N–H and O–H groups in total. The summed E-state index contributed by atoms with van der Waals surface area (Å²) in [5.41, 5.74) is 0.950. The highest BCUT2D eigenvalue weighted by atomic mass is 15.3. The fourth-order valence-electron chi connectivity index (χ4n) is 2.08. The van der Waals surface area contributed by atoms with E-state index in [1.807, 2.05) is 18.2 Å². The van der Waals surface area contributed by atoms with Gasteiger partial charge in [-0.05, 0) is 25.0 Å². The third-order valence-electron chi connectivity index (χ3n) is 3.01. The van der Waals surface area contributed by atoms with E-state index >= 15 is 0 Å². The molecule has 0 unspecified atom stereocenters. The third-order valence-corrected chi connectivity index (χ3v) is 3.01. The number of aromatic nitrogens is 4. The monoisotopic (exact) mass is 286 g/mol. The molecule has 6 nitrogen and oxygen atoms in total. The van der Waals surface area contributed by atoms with Crippen molar-refractivity contribution < 1.29 is 0 Å². The van der Waals surface area contributed by atoms with Gasteiger partial charge < -0.3 is 10.2 Å². The zero-order valence-electron chi connectivity index (χ0n) is 12.7. The van der Waals surface area contributed by atoms with E-state index in [4.69, 9.17) is 0 Å². The zero-order chi connectivity index (χ0) is 14.9. The van der Waals surface area contributed by atoms with E-state index < -0.39 is 0 Å². The maximum Gasteiger partial charge on any atom is 0.245 e. The number of anilines is 2. The van der Waals surface area contributed by atoms with Crippen molar-refractivity contribution in [1.29, 1.82) is 0 Å². The van der Waals surface area contributed by atoms with Gasteiger partial charge in [-0.2, -0.15) is 10.1 Å². The molecule has 0 bridgehead atoms. The maximum absolute atomic E-state index is 4.54. The molecule has 2 aromatic rings. The number of rotatable bonds is 8. The minimum atomic E-state index is 0.537. The Morgan fingerprint density at radius 1 is 1.14 bits per heavy atom. The molecule has 0 aliphatic heterocycles. The summed E-state index contributed by atoms with van der Waals surface area (Å²) in [7, 11) is 0. The van der Waals surface area contributed by atoms with Gasteiger partial charge in [-0.15, -0.1) is 5.10 Å². The van der Waals surface area contributed by atoms with E-state index in [1.54, 1.807) is 12.4 Å². The first-order valence-electron chi connectivity index (χ1n) is 7.42. The SMILES string of the molecule is CCCN(CCC)c1cnnc(NCc2ccccn2)n1. The minimum Gasteiger partial charge on any atom is -0.355 e. The van der Waals surface area contributed by atoms with Gasteiger partial charge in [0.2, 0.25) is 5.95 Å². The van der Waals surface area contributed by atoms with Crippen molar-refractivity contribution in [2.45, 2.75) is 33.2 Å². The van der Waals surface area contributed by atoms with E-state index in [0.29, 0.717) is 12.5 Å². The van der Waals surface area contributed by atoms with E-state index in [9.17, 15) is 0 Å². The number of nitrogens with zero attached hydrogens (tertiary/aromatic N) is 5.